The van der Waals surface area contributed by atoms with Crippen LogP contribution in [0.25, 0.3) is 11.1 Å². The standard InChI is InChI=1S/C23H25NO6S/c1-5-6-20(26)24-16-9-7-13-11-18(29-2)23(30-3)22(27)21(13)14-8-10-19(31(4)28)17(25)12-15(14)16/h5-6,8,10-12,16,27H,7,9H2,1-4H3,(H,24,26)/b6-5+/t16-,31?/m0/s1. The smallest absolute Gasteiger partial charge is 0.244 e. The van der Waals surface area contributed by atoms with Crippen LogP contribution in [0.5, 0.6) is 17.2 Å². The molecule has 0 saturated carbocycles. The van der Waals surface area contributed by atoms with Crippen molar-refractivity contribution in [1.29, 1.82) is 0 Å². The summed E-state index contributed by atoms with van der Waals surface area (Å²) in [5.74, 6) is 0.159. The molecule has 7 nitrogen and oxygen atoms in total. The van der Waals surface area contributed by atoms with Crippen LogP contribution in [-0.4, -0.2) is 36.0 Å². The van der Waals surface area contributed by atoms with Crippen LogP contribution in [-0.2, 0) is 22.4 Å². The number of methoxy groups -OCH3 is 2. The number of aromatic hydroxyl groups is 1. The fourth-order valence-corrected chi connectivity index (χ4v) is 4.48. The Morgan fingerprint density at radius 2 is 2.03 bits per heavy atom. The van der Waals surface area contributed by atoms with E-state index in [0.29, 0.717) is 35.3 Å². The summed E-state index contributed by atoms with van der Waals surface area (Å²) >= 11 is -1.49. The summed E-state index contributed by atoms with van der Waals surface area (Å²) in [6, 6.07) is 5.88. The van der Waals surface area contributed by atoms with Crippen molar-refractivity contribution in [3.8, 4) is 28.4 Å². The molecular formula is C23H25NO6S. The second kappa shape index (κ2) is 9.45. The number of phenols is 1. The number of rotatable bonds is 5. The molecule has 0 aromatic heterocycles. The van der Waals surface area contributed by atoms with Crippen LogP contribution in [0.15, 0.2) is 46.1 Å². The van der Waals surface area contributed by atoms with Gasteiger partial charge >= 0.3 is 0 Å². The first-order chi connectivity index (χ1) is 14.8. The Bertz CT molecular complexity index is 1100. The van der Waals surface area contributed by atoms with Crippen LogP contribution in [0.2, 0.25) is 0 Å². The zero-order valence-electron chi connectivity index (χ0n) is 17.9. The Hall–Kier alpha value is -2.97. The number of nitrogens with one attached hydrogen (secondary N) is 1. The van der Waals surface area contributed by atoms with Gasteiger partial charge in [0.15, 0.2) is 16.4 Å². The van der Waals surface area contributed by atoms with Crippen LogP contribution in [0, 0.1) is 0 Å². The Morgan fingerprint density at radius 1 is 1.29 bits per heavy atom. The topological polar surface area (TPSA) is 108 Å². The quantitative estimate of drug-likeness (QED) is 0.543. The van der Waals surface area contributed by atoms with Gasteiger partial charge in [-0.1, -0.05) is 6.08 Å². The minimum Gasteiger partial charge on any atom is -0.612 e. The number of aryl methyl sites for hydroxylation is 1. The van der Waals surface area contributed by atoms with Gasteiger partial charge in [0.2, 0.25) is 17.1 Å². The number of fused-ring (bicyclic) bond motifs is 3. The molecule has 3 rings (SSSR count). The molecule has 0 radical (unpaired) electrons. The molecule has 164 valence electrons. The lowest BCUT2D eigenvalue weighted by Crippen LogP contribution is -2.27. The van der Waals surface area contributed by atoms with Gasteiger partial charge in [-0.2, -0.15) is 0 Å². The molecule has 1 unspecified atom stereocenters. The molecule has 0 spiro atoms. The highest BCUT2D eigenvalue weighted by molar-refractivity contribution is 7.90. The minimum atomic E-state index is -1.49. The maximum Gasteiger partial charge on any atom is 0.244 e. The van der Waals surface area contributed by atoms with E-state index in [2.05, 4.69) is 5.32 Å². The average Bonchev–Trinajstić information content (AvgIpc) is 2.97. The lowest BCUT2D eigenvalue weighted by atomic mass is 9.95. The van der Waals surface area contributed by atoms with E-state index in [4.69, 9.17) is 9.47 Å². The SMILES string of the molecule is C/C=C/C(=O)N[C@H]1CCc2cc(OC)c(OC)c(O)c2-c2ccc([S+](C)[O-])c(=O)cc21. The van der Waals surface area contributed by atoms with Gasteiger partial charge in [-0.25, -0.2) is 0 Å². The molecule has 8 heteroatoms. The second-order valence-corrected chi connectivity index (χ2v) is 8.47. The van der Waals surface area contributed by atoms with Crippen molar-refractivity contribution in [1.82, 2.24) is 5.32 Å². The van der Waals surface area contributed by atoms with Gasteiger partial charge in [0.1, 0.15) is 6.26 Å². The maximum atomic E-state index is 12.8. The average molecular weight is 444 g/mol. The number of hydrogen-bond acceptors (Lipinski definition) is 6. The van der Waals surface area contributed by atoms with Crippen molar-refractivity contribution in [2.75, 3.05) is 20.5 Å². The van der Waals surface area contributed by atoms with Gasteiger partial charge in [-0.05, 0) is 78.0 Å². The number of benzene rings is 1. The Labute approximate surface area is 183 Å². The second-order valence-electron chi connectivity index (χ2n) is 7.12. The summed E-state index contributed by atoms with van der Waals surface area (Å²) in [6.45, 7) is 1.74. The molecule has 0 fully saturated rings. The minimum absolute atomic E-state index is 0.114. The molecule has 2 N–H and O–H groups in total. The molecule has 31 heavy (non-hydrogen) atoms. The van der Waals surface area contributed by atoms with Crippen LogP contribution in [0.4, 0.5) is 0 Å². The predicted octanol–water partition coefficient (Wildman–Crippen LogP) is 2.85. The van der Waals surface area contributed by atoms with E-state index in [1.54, 1.807) is 25.1 Å². The zero-order chi connectivity index (χ0) is 22.7. The molecular weight excluding hydrogens is 418 g/mol. The van der Waals surface area contributed by atoms with Gasteiger partial charge in [0.25, 0.3) is 0 Å². The molecule has 0 aliphatic heterocycles. The van der Waals surface area contributed by atoms with E-state index in [-0.39, 0.29) is 22.3 Å². The summed E-state index contributed by atoms with van der Waals surface area (Å²) in [5.41, 5.74) is 2.00. The molecule has 2 atom stereocenters. The lowest BCUT2D eigenvalue weighted by molar-refractivity contribution is -0.117. The van der Waals surface area contributed by atoms with Gasteiger partial charge in [-0.15, -0.1) is 0 Å². The monoisotopic (exact) mass is 443 g/mol. The first-order valence-corrected chi connectivity index (χ1v) is 11.3. The molecule has 0 heterocycles. The normalized spacial score (nSPS) is 16.1. The van der Waals surface area contributed by atoms with Gasteiger partial charge in [-0.3, -0.25) is 9.59 Å². The first kappa shape index (κ1) is 22.7. The largest absolute Gasteiger partial charge is 0.612 e. The predicted molar refractivity (Wildman–Crippen MR) is 119 cm³/mol. The van der Waals surface area contributed by atoms with Crippen LogP contribution in [0.1, 0.15) is 30.5 Å². The van der Waals surface area contributed by atoms with Gasteiger partial charge in [0, 0.05) is 5.56 Å². The van der Waals surface area contributed by atoms with Crippen molar-refractivity contribution in [3.05, 3.63) is 57.8 Å². The van der Waals surface area contributed by atoms with Crippen LogP contribution in [0.3, 0.4) is 0 Å². The maximum absolute atomic E-state index is 12.8. The van der Waals surface area contributed by atoms with Crippen molar-refractivity contribution < 1.29 is 23.9 Å². The summed E-state index contributed by atoms with van der Waals surface area (Å²) in [7, 11) is 2.92. The van der Waals surface area contributed by atoms with Crippen molar-refractivity contribution in [2.24, 2.45) is 0 Å². The zero-order valence-corrected chi connectivity index (χ0v) is 18.7. The summed E-state index contributed by atoms with van der Waals surface area (Å²) < 4.78 is 22.8. The third-order valence-electron chi connectivity index (χ3n) is 5.26. The van der Waals surface area contributed by atoms with E-state index >= 15 is 0 Å². The van der Waals surface area contributed by atoms with Gasteiger partial charge in [0.05, 0.1) is 20.3 Å². The van der Waals surface area contributed by atoms with Gasteiger partial charge < -0.3 is 24.4 Å². The number of phenolic OH excluding ortho intramolecular Hbond substituents is 1. The highest BCUT2D eigenvalue weighted by Gasteiger charge is 2.29. The molecule has 1 aliphatic carbocycles. The Kier molecular flexibility index (Phi) is 6.92. The van der Waals surface area contributed by atoms with E-state index in [9.17, 15) is 19.2 Å². The fraction of sp³-hybridized carbons (Fsp3) is 0.304. The van der Waals surface area contributed by atoms with Crippen LogP contribution >= 0.6 is 0 Å². The number of carbonyl (C=O) groups excluding carboxylic acids is 1. The van der Waals surface area contributed by atoms with E-state index in [1.165, 1.54) is 38.7 Å². The first-order valence-electron chi connectivity index (χ1n) is 9.74. The third kappa shape index (κ3) is 4.40. The summed E-state index contributed by atoms with van der Waals surface area (Å²) in [6.07, 6.45) is 5.49. The van der Waals surface area contributed by atoms with Crippen molar-refractivity contribution in [3.63, 3.8) is 0 Å². The highest BCUT2D eigenvalue weighted by atomic mass is 32.2. The number of amides is 1. The Balaban J connectivity index is 2.34. The van der Waals surface area contributed by atoms with E-state index in [1.807, 2.05) is 0 Å². The molecule has 1 amide bonds. The summed E-state index contributed by atoms with van der Waals surface area (Å²) in [5, 5.41) is 14.0. The molecule has 0 bridgehead atoms. The lowest BCUT2D eigenvalue weighted by Gasteiger charge is -2.18. The molecule has 2 aromatic rings. The number of allylic oxidation sites excluding steroid dienone is 1. The van der Waals surface area contributed by atoms with E-state index < -0.39 is 22.6 Å². The molecule has 0 saturated heterocycles. The Morgan fingerprint density at radius 3 is 2.65 bits per heavy atom. The fourth-order valence-electron chi connectivity index (χ4n) is 3.88. The summed E-state index contributed by atoms with van der Waals surface area (Å²) in [4.78, 5) is 25.2. The molecule has 2 aromatic carbocycles. The number of ether oxygens (including phenoxy) is 2. The van der Waals surface area contributed by atoms with Crippen molar-refractivity contribution >= 4 is 17.1 Å². The molecule has 1 aliphatic rings. The highest BCUT2D eigenvalue weighted by Crippen LogP contribution is 2.49. The number of carbonyl (C=O) groups is 1. The van der Waals surface area contributed by atoms with E-state index in [0.717, 1.165) is 5.56 Å². The number of hydrogen-bond donors (Lipinski definition) is 2. The van der Waals surface area contributed by atoms with Crippen molar-refractivity contribution in [2.45, 2.75) is 30.7 Å². The third-order valence-corrected chi connectivity index (χ3v) is 6.22. The van der Waals surface area contributed by atoms with Crippen LogP contribution < -0.4 is 20.2 Å².